The monoisotopic (exact) mass is 274 g/mol. The molecule has 106 valence electrons. The normalized spacial score (nSPS) is 12.3. The maximum atomic E-state index is 13.6. The van der Waals surface area contributed by atoms with Gasteiger partial charge in [-0.3, -0.25) is 0 Å². The fourth-order valence-corrected chi connectivity index (χ4v) is 2.03. The topological polar surface area (TPSA) is 46.0 Å². The summed E-state index contributed by atoms with van der Waals surface area (Å²) < 4.78 is 13.6. The smallest absolute Gasteiger partial charge is 0.162 e. The molecule has 0 bridgehead atoms. The Kier molecular flexibility index (Phi) is 5.18. The van der Waals surface area contributed by atoms with E-state index in [1.807, 2.05) is 0 Å². The summed E-state index contributed by atoms with van der Waals surface area (Å²) in [6.45, 7) is 1.80. The number of aliphatic hydroxyl groups is 1. The van der Waals surface area contributed by atoms with Crippen LogP contribution in [0.1, 0.15) is 31.7 Å². The highest BCUT2D eigenvalue weighted by molar-refractivity contribution is 5.55. The van der Waals surface area contributed by atoms with E-state index in [1.54, 1.807) is 37.5 Å². The fraction of sp³-hybridized carbons (Fsp3) is 0.375. The van der Waals surface area contributed by atoms with E-state index < -0.39 is 0 Å². The van der Waals surface area contributed by atoms with Gasteiger partial charge in [0.05, 0.1) is 11.7 Å². The molecule has 0 radical (unpaired) electrons. The van der Waals surface area contributed by atoms with Crippen LogP contribution in [-0.2, 0) is 6.42 Å². The Hall–Kier alpha value is -1.81. The molecule has 4 heteroatoms. The highest BCUT2D eigenvalue weighted by Crippen LogP contribution is 2.18. The second-order valence-corrected chi connectivity index (χ2v) is 4.99. The maximum Gasteiger partial charge on any atom is 0.162 e. The zero-order valence-electron chi connectivity index (χ0n) is 11.6. The molecule has 0 spiro atoms. The molecule has 1 aromatic carbocycles. The van der Waals surface area contributed by atoms with Crippen LogP contribution in [0.15, 0.2) is 36.7 Å². The summed E-state index contributed by atoms with van der Waals surface area (Å²) in [6, 6.07) is 6.50. The second kappa shape index (κ2) is 7.10. The summed E-state index contributed by atoms with van der Waals surface area (Å²) in [4.78, 5) is 8.45. The van der Waals surface area contributed by atoms with E-state index in [2.05, 4.69) is 9.97 Å². The van der Waals surface area contributed by atoms with Crippen LogP contribution in [0.3, 0.4) is 0 Å². The molecule has 0 saturated heterocycles. The first-order valence-corrected chi connectivity index (χ1v) is 6.90. The van der Waals surface area contributed by atoms with Crippen molar-refractivity contribution in [1.29, 1.82) is 0 Å². The van der Waals surface area contributed by atoms with Crippen molar-refractivity contribution in [2.75, 3.05) is 0 Å². The highest BCUT2D eigenvalue weighted by Gasteiger charge is 2.06. The van der Waals surface area contributed by atoms with Crippen molar-refractivity contribution in [3.8, 4) is 11.4 Å². The molecule has 0 aliphatic heterocycles. The molecular formula is C16H19FN2O. The van der Waals surface area contributed by atoms with Gasteiger partial charge in [-0.1, -0.05) is 18.6 Å². The Labute approximate surface area is 118 Å². The van der Waals surface area contributed by atoms with Gasteiger partial charge in [0.1, 0.15) is 5.82 Å². The number of aliphatic hydroxyl groups excluding tert-OH is 1. The Morgan fingerprint density at radius 2 is 1.85 bits per heavy atom. The predicted octanol–water partition coefficient (Wildman–Crippen LogP) is 3.38. The molecule has 1 aromatic heterocycles. The summed E-state index contributed by atoms with van der Waals surface area (Å²) in [5.74, 6) is 0.105. The zero-order valence-corrected chi connectivity index (χ0v) is 11.6. The van der Waals surface area contributed by atoms with E-state index in [1.165, 1.54) is 6.07 Å². The van der Waals surface area contributed by atoms with E-state index in [0.29, 0.717) is 11.4 Å². The molecule has 0 saturated carbocycles. The number of rotatable bonds is 6. The first-order valence-electron chi connectivity index (χ1n) is 6.90. The van der Waals surface area contributed by atoms with Crippen molar-refractivity contribution in [1.82, 2.24) is 9.97 Å². The van der Waals surface area contributed by atoms with Crippen LogP contribution in [0, 0.1) is 5.82 Å². The van der Waals surface area contributed by atoms with E-state index in [4.69, 9.17) is 0 Å². The zero-order chi connectivity index (χ0) is 14.4. The summed E-state index contributed by atoms with van der Waals surface area (Å²) in [5, 5.41) is 9.18. The third kappa shape index (κ3) is 4.10. The SMILES string of the molecule is CC(O)CCCCc1cnc(-c2ccccc2F)nc1. The van der Waals surface area contributed by atoms with Gasteiger partial charge in [0, 0.05) is 12.4 Å². The Balaban J connectivity index is 1.95. The van der Waals surface area contributed by atoms with Crippen LogP contribution in [0.5, 0.6) is 0 Å². The average molecular weight is 274 g/mol. The third-order valence-corrected chi connectivity index (χ3v) is 3.16. The first-order chi connectivity index (χ1) is 9.66. The van der Waals surface area contributed by atoms with Gasteiger partial charge in [-0.05, 0) is 43.9 Å². The minimum Gasteiger partial charge on any atom is -0.393 e. The predicted molar refractivity (Wildman–Crippen MR) is 76.7 cm³/mol. The molecule has 2 aromatic rings. The number of hydrogen-bond acceptors (Lipinski definition) is 3. The van der Waals surface area contributed by atoms with Crippen molar-refractivity contribution in [2.45, 2.75) is 38.7 Å². The van der Waals surface area contributed by atoms with Crippen molar-refractivity contribution < 1.29 is 9.50 Å². The van der Waals surface area contributed by atoms with E-state index in [9.17, 15) is 9.50 Å². The van der Waals surface area contributed by atoms with E-state index in [0.717, 1.165) is 31.2 Å². The van der Waals surface area contributed by atoms with E-state index in [-0.39, 0.29) is 11.9 Å². The Morgan fingerprint density at radius 3 is 2.50 bits per heavy atom. The third-order valence-electron chi connectivity index (χ3n) is 3.16. The van der Waals surface area contributed by atoms with Gasteiger partial charge in [-0.2, -0.15) is 0 Å². The number of hydrogen-bond donors (Lipinski definition) is 1. The van der Waals surface area contributed by atoms with Crippen LogP contribution in [0.4, 0.5) is 4.39 Å². The van der Waals surface area contributed by atoms with Crippen molar-refractivity contribution >= 4 is 0 Å². The lowest BCUT2D eigenvalue weighted by atomic mass is 10.1. The number of unbranched alkanes of at least 4 members (excludes halogenated alkanes) is 1. The van der Waals surface area contributed by atoms with Crippen molar-refractivity contribution in [2.24, 2.45) is 0 Å². The highest BCUT2D eigenvalue weighted by atomic mass is 19.1. The molecule has 0 amide bonds. The van der Waals surface area contributed by atoms with Crippen molar-refractivity contribution in [3.63, 3.8) is 0 Å². The molecule has 0 aliphatic carbocycles. The molecule has 3 nitrogen and oxygen atoms in total. The van der Waals surface area contributed by atoms with Crippen LogP contribution in [0.25, 0.3) is 11.4 Å². The summed E-state index contributed by atoms with van der Waals surface area (Å²) in [7, 11) is 0. The van der Waals surface area contributed by atoms with Crippen LogP contribution in [-0.4, -0.2) is 21.2 Å². The summed E-state index contributed by atoms with van der Waals surface area (Å²) >= 11 is 0. The quantitative estimate of drug-likeness (QED) is 0.821. The number of nitrogens with zero attached hydrogens (tertiary/aromatic N) is 2. The van der Waals surface area contributed by atoms with Crippen LogP contribution in [0.2, 0.25) is 0 Å². The minimum atomic E-state index is -0.308. The molecule has 0 aliphatic rings. The maximum absolute atomic E-state index is 13.6. The van der Waals surface area contributed by atoms with Gasteiger partial charge in [-0.25, -0.2) is 14.4 Å². The molecular weight excluding hydrogens is 255 g/mol. The fourth-order valence-electron chi connectivity index (χ4n) is 2.03. The lowest BCUT2D eigenvalue weighted by Crippen LogP contribution is -1.99. The first kappa shape index (κ1) is 14.6. The Bertz CT molecular complexity index is 540. The van der Waals surface area contributed by atoms with Gasteiger partial charge >= 0.3 is 0 Å². The van der Waals surface area contributed by atoms with Gasteiger partial charge in [0.2, 0.25) is 0 Å². The summed E-state index contributed by atoms with van der Waals surface area (Å²) in [6.07, 6.45) is 6.92. The Morgan fingerprint density at radius 1 is 1.15 bits per heavy atom. The van der Waals surface area contributed by atoms with Gasteiger partial charge in [-0.15, -0.1) is 0 Å². The number of benzene rings is 1. The molecule has 0 fully saturated rings. The lowest BCUT2D eigenvalue weighted by Gasteiger charge is -2.05. The largest absolute Gasteiger partial charge is 0.393 e. The number of aryl methyl sites for hydroxylation is 1. The van der Waals surface area contributed by atoms with Crippen molar-refractivity contribution in [3.05, 3.63) is 48.0 Å². The van der Waals surface area contributed by atoms with E-state index >= 15 is 0 Å². The molecule has 20 heavy (non-hydrogen) atoms. The van der Waals surface area contributed by atoms with Crippen LogP contribution < -0.4 is 0 Å². The molecule has 1 heterocycles. The number of halogens is 1. The second-order valence-electron chi connectivity index (χ2n) is 4.99. The average Bonchev–Trinajstić information content (AvgIpc) is 2.45. The van der Waals surface area contributed by atoms with Gasteiger partial charge in [0.25, 0.3) is 0 Å². The molecule has 1 unspecified atom stereocenters. The number of aromatic nitrogens is 2. The molecule has 2 rings (SSSR count). The molecule has 1 atom stereocenters. The summed E-state index contributed by atoms with van der Waals surface area (Å²) in [5.41, 5.74) is 1.46. The van der Waals surface area contributed by atoms with Gasteiger partial charge < -0.3 is 5.11 Å². The minimum absolute atomic E-state index is 0.241. The molecule has 1 N–H and O–H groups in total. The lowest BCUT2D eigenvalue weighted by molar-refractivity contribution is 0.180. The standard InChI is InChI=1S/C16H19FN2O/c1-12(20)6-2-3-7-13-10-18-16(19-11-13)14-8-4-5-9-15(14)17/h4-5,8-12,20H,2-3,6-7H2,1H3. The van der Waals surface area contributed by atoms with Crippen LogP contribution >= 0.6 is 0 Å². The van der Waals surface area contributed by atoms with Gasteiger partial charge in [0.15, 0.2) is 5.82 Å².